The van der Waals surface area contributed by atoms with Crippen molar-refractivity contribution in [3.05, 3.63) is 12.2 Å². The normalized spacial score (nSPS) is 27.7. The summed E-state index contributed by atoms with van der Waals surface area (Å²) in [6.07, 6.45) is 7.56. The zero-order valence-corrected chi connectivity index (χ0v) is 10.7. The molecule has 0 aromatic heterocycles. The van der Waals surface area contributed by atoms with Crippen LogP contribution < -0.4 is 0 Å². The maximum Gasteiger partial charge on any atom is 0.333 e. The van der Waals surface area contributed by atoms with E-state index in [0.717, 1.165) is 45.1 Å². The fourth-order valence-corrected chi connectivity index (χ4v) is 2.89. The number of rotatable bonds is 3. The Bertz CT molecular complexity index is 297. The molecule has 0 N–H and O–H groups in total. The molecule has 0 bridgehead atoms. The zero-order valence-electron chi connectivity index (χ0n) is 10.7. The van der Waals surface area contributed by atoms with Crippen LogP contribution in [0.2, 0.25) is 0 Å². The summed E-state index contributed by atoms with van der Waals surface area (Å²) < 4.78 is 11.6. The molecule has 0 radical (unpaired) electrons. The van der Waals surface area contributed by atoms with Crippen molar-refractivity contribution < 1.29 is 14.3 Å². The maximum atomic E-state index is 11.8. The third-order valence-electron chi connectivity index (χ3n) is 3.86. The van der Waals surface area contributed by atoms with Gasteiger partial charge in [-0.05, 0) is 51.9 Å². The van der Waals surface area contributed by atoms with Crippen molar-refractivity contribution in [3.8, 4) is 0 Å². The Hall–Kier alpha value is -0.830. The third-order valence-corrected chi connectivity index (χ3v) is 3.86. The lowest BCUT2D eigenvalue weighted by Gasteiger charge is -2.39. The van der Waals surface area contributed by atoms with E-state index >= 15 is 0 Å². The molecule has 0 aromatic carbocycles. The van der Waals surface area contributed by atoms with Gasteiger partial charge in [-0.1, -0.05) is 6.58 Å². The van der Waals surface area contributed by atoms with Crippen molar-refractivity contribution in [1.82, 2.24) is 0 Å². The molecule has 1 aliphatic heterocycles. The standard InChI is InChI=1S/C14H22O3/c1-11(2)13(15)17-14(8-4-5-9-14)12-7-3-6-10-16-12/h12H,1,3-10H2,2H3. The van der Waals surface area contributed by atoms with Gasteiger partial charge in [0, 0.05) is 12.2 Å². The lowest BCUT2D eigenvalue weighted by molar-refractivity contribution is -0.179. The topological polar surface area (TPSA) is 35.5 Å². The Labute approximate surface area is 103 Å². The molecule has 0 aromatic rings. The van der Waals surface area contributed by atoms with Crippen LogP contribution in [-0.2, 0) is 14.3 Å². The lowest BCUT2D eigenvalue weighted by atomic mass is 9.89. The number of hydrogen-bond donors (Lipinski definition) is 0. The Morgan fingerprint density at radius 3 is 2.53 bits per heavy atom. The summed E-state index contributed by atoms with van der Waals surface area (Å²) in [4.78, 5) is 11.8. The van der Waals surface area contributed by atoms with Gasteiger partial charge in [0.1, 0.15) is 5.60 Å². The Kier molecular flexibility index (Phi) is 3.87. The molecule has 2 aliphatic rings. The summed E-state index contributed by atoms with van der Waals surface area (Å²) >= 11 is 0. The molecule has 1 unspecified atom stereocenters. The molecular formula is C14H22O3. The minimum atomic E-state index is -0.365. The van der Waals surface area contributed by atoms with Crippen molar-refractivity contribution in [2.75, 3.05) is 6.61 Å². The first-order valence-electron chi connectivity index (χ1n) is 6.64. The number of carbonyl (C=O) groups is 1. The van der Waals surface area contributed by atoms with Crippen molar-refractivity contribution >= 4 is 5.97 Å². The van der Waals surface area contributed by atoms with Gasteiger partial charge in [0.25, 0.3) is 0 Å². The van der Waals surface area contributed by atoms with Crippen LogP contribution >= 0.6 is 0 Å². The molecule has 1 atom stereocenters. The molecule has 0 spiro atoms. The van der Waals surface area contributed by atoms with Gasteiger partial charge in [-0.2, -0.15) is 0 Å². The molecule has 3 nitrogen and oxygen atoms in total. The van der Waals surface area contributed by atoms with Crippen molar-refractivity contribution in [1.29, 1.82) is 0 Å². The van der Waals surface area contributed by atoms with Crippen molar-refractivity contribution in [2.24, 2.45) is 0 Å². The van der Waals surface area contributed by atoms with Gasteiger partial charge in [-0.3, -0.25) is 0 Å². The fourth-order valence-electron chi connectivity index (χ4n) is 2.89. The molecule has 1 saturated heterocycles. The van der Waals surface area contributed by atoms with Gasteiger partial charge >= 0.3 is 5.97 Å². The van der Waals surface area contributed by atoms with Crippen LogP contribution in [0.25, 0.3) is 0 Å². The van der Waals surface area contributed by atoms with E-state index in [9.17, 15) is 4.79 Å². The van der Waals surface area contributed by atoms with E-state index < -0.39 is 0 Å². The number of carbonyl (C=O) groups excluding carboxylic acids is 1. The first-order valence-corrected chi connectivity index (χ1v) is 6.64. The molecule has 2 rings (SSSR count). The van der Waals surface area contributed by atoms with Gasteiger partial charge in [-0.25, -0.2) is 4.79 Å². The molecule has 1 heterocycles. The van der Waals surface area contributed by atoms with E-state index in [0.29, 0.717) is 5.57 Å². The summed E-state index contributed by atoms with van der Waals surface area (Å²) in [6.45, 7) is 6.16. The summed E-state index contributed by atoms with van der Waals surface area (Å²) in [6, 6.07) is 0. The monoisotopic (exact) mass is 238 g/mol. The smallest absolute Gasteiger partial charge is 0.333 e. The Balaban J connectivity index is 2.08. The average Bonchev–Trinajstić information content (AvgIpc) is 2.80. The zero-order chi connectivity index (χ0) is 12.3. The van der Waals surface area contributed by atoms with Gasteiger partial charge in [0.2, 0.25) is 0 Å². The van der Waals surface area contributed by atoms with Gasteiger partial charge < -0.3 is 9.47 Å². The maximum absolute atomic E-state index is 11.8. The first kappa shape index (κ1) is 12.6. The van der Waals surface area contributed by atoms with E-state index in [1.807, 2.05) is 0 Å². The second-order valence-corrected chi connectivity index (χ2v) is 5.30. The fraction of sp³-hybridized carbons (Fsp3) is 0.786. The van der Waals surface area contributed by atoms with Crippen molar-refractivity contribution in [2.45, 2.75) is 63.6 Å². The molecule has 1 aliphatic carbocycles. The second kappa shape index (κ2) is 5.21. The van der Waals surface area contributed by atoms with E-state index in [4.69, 9.17) is 9.47 Å². The third kappa shape index (κ3) is 2.71. The highest BCUT2D eigenvalue weighted by Gasteiger charge is 2.46. The highest BCUT2D eigenvalue weighted by molar-refractivity contribution is 5.87. The minimum Gasteiger partial charge on any atom is -0.453 e. The van der Waals surface area contributed by atoms with E-state index in [2.05, 4.69) is 6.58 Å². The van der Waals surface area contributed by atoms with Crippen LogP contribution in [0.5, 0.6) is 0 Å². The Morgan fingerprint density at radius 2 is 2.00 bits per heavy atom. The SMILES string of the molecule is C=C(C)C(=O)OC1(C2CCCCO2)CCCC1. The average molecular weight is 238 g/mol. The summed E-state index contributed by atoms with van der Waals surface area (Å²) in [5, 5.41) is 0. The molecule has 17 heavy (non-hydrogen) atoms. The van der Waals surface area contributed by atoms with Crippen LogP contribution in [0.15, 0.2) is 12.2 Å². The molecule has 1 saturated carbocycles. The van der Waals surface area contributed by atoms with Gasteiger partial charge in [0.05, 0.1) is 6.10 Å². The van der Waals surface area contributed by atoms with Crippen LogP contribution in [0.3, 0.4) is 0 Å². The van der Waals surface area contributed by atoms with Crippen LogP contribution in [0.4, 0.5) is 0 Å². The Morgan fingerprint density at radius 1 is 1.29 bits per heavy atom. The minimum absolute atomic E-state index is 0.0991. The van der Waals surface area contributed by atoms with E-state index in [1.165, 1.54) is 6.42 Å². The molecular weight excluding hydrogens is 216 g/mol. The number of hydrogen-bond acceptors (Lipinski definition) is 3. The van der Waals surface area contributed by atoms with E-state index in [-0.39, 0.29) is 17.7 Å². The van der Waals surface area contributed by atoms with Gasteiger partial charge in [-0.15, -0.1) is 0 Å². The number of esters is 1. The number of ether oxygens (including phenoxy) is 2. The van der Waals surface area contributed by atoms with E-state index in [1.54, 1.807) is 6.92 Å². The summed E-state index contributed by atoms with van der Waals surface area (Å²) in [5.74, 6) is -0.263. The second-order valence-electron chi connectivity index (χ2n) is 5.30. The highest BCUT2D eigenvalue weighted by Crippen LogP contribution is 2.41. The first-order chi connectivity index (χ1) is 8.14. The lowest BCUT2D eigenvalue weighted by Crippen LogP contribution is -2.47. The molecule has 2 fully saturated rings. The predicted octanol–water partition coefficient (Wildman–Crippen LogP) is 2.99. The van der Waals surface area contributed by atoms with Crippen LogP contribution in [0, 0.1) is 0 Å². The van der Waals surface area contributed by atoms with Crippen LogP contribution in [0.1, 0.15) is 51.9 Å². The largest absolute Gasteiger partial charge is 0.453 e. The molecule has 96 valence electrons. The van der Waals surface area contributed by atoms with Crippen LogP contribution in [-0.4, -0.2) is 24.3 Å². The quantitative estimate of drug-likeness (QED) is 0.560. The predicted molar refractivity (Wildman–Crippen MR) is 65.7 cm³/mol. The summed E-state index contributed by atoms with van der Waals surface area (Å²) in [7, 11) is 0. The van der Waals surface area contributed by atoms with Gasteiger partial charge in [0.15, 0.2) is 0 Å². The highest BCUT2D eigenvalue weighted by atomic mass is 16.6. The molecule has 3 heteroatoms. The van der Waals surface area contributed by atoms with Crippen molar-refractivity contribution in [3.63, 3.8) is 0 Å². The summed E-state index contributed by atoms with van der Waals surface area (Å²) in [5.41, 5.74) is 0.114. The molecule has 0 amide bonds.